The maximum atomic E-state index is 13.0. The second-order valence-electron chi connectivity index (χ2n) is 7.98. The van der Waals surface area contributed by atoms with Gasteiger partial charge in [0, 0.05) is 12.2 Å². The number of unbranched alkanes of at least 4 members (excludes halogenated alkanes) is 2. The van der Waals surface area contributed by atoms with Crippen molar-refractivity contribution in [1.82, 2.24) is 20.4 Å². The Morgan fingerprint density at radius 2 is 2.00 bits per heavy atom. The summed E-state index contributed by atoms with van der Waals surface area (Å²) in [6, 6.07) is 9.78. The van der Waals surface area contributed by atoms with Crippen molar-refractivity contribution in [1.29, 1.82) is 0 Å². The number of carbonyl (C=O) groups excluding carboxylic acids is 1. The lowest BCUT2D eigenvalue weighted by Crippen LogP contribution is -2.46. The first-order valence-corrected chi connectivity index (χ1v) is 11.6. The van der Waals surface area contributed by atoms with Crippen LogP contribution in [-0.4, -0.2) is 27.6 Å². The summed E-state index contributed by atoms with van der Waals surface area (Å²) in [6.45, 7) is 8.97. The summed E-state index contributed by atoms with van der Waals surface area (Å²) in [7, 11) is 0. The minimum absolute atomic E-state index is 0.0847. The molecule has 0 spiro atoms. The fourth-order valence-corrected chi connectivity index (χ4v) is 4.53. The van der Waals surface area contributed by atoms with Crippen LogP contribution in [0.4, 0.5) is 4.79 Å². The van der Waals surface area contributed by atoms with Gasteiger partial charge in [0.2, 0.25) is 5.82 Å². The van der Waals surface area contributed by atoms with Crippen LogP contribution in [0.2, 0.25) is 0 Å². The van der Waals surface area contributed by atoms with E-state index in [0.717, 1.165) is 41.0 Å². The van der Waals surface area contributed by atoms with E-state index >= 15 is 0 Å². The Labute approximate surface area is 187 Å². The van der Waals surface area contributed by atoms with Crippen LogP contribution in [0.15, 0.2) is 45.9 Å². The van der Waals surface area contributed by atoms with Gasteiger partial charge in [-0.3, -0.25) is 4.90 Å². The molecular weight excluding hydrogens is 408 g/mol. The molecule has 1 atom stereocenters. The highest BCUT2D eigenvalue weighted by Crippen LogP contribution is 2.38. The molecule has 31 heavy (non-hydrogen) atoms. The van der Waals surface area contributed by atoms with Crippen LogP contribution < -0.4 is 5.32 Å². The van der Waals surface area contributed by atoms with Crippen molar-refractivity contribution in [3.05, 3.63) is 64.0 Å². The maximum absolute atomic E-state index is 13.0. The van der Waals surface area contributed by atoms with Crippen molar-refractivity contribution in [2.45, 2.75) is 53.0 Å². The van der Waals surface area contributed by atoms with Gasteiger partial charge in [0.1, 0.15) is 0 Å². The molecule has 162 valence electrons. The van der Waals surface area contributed by atoms with Gasteiger partial charge in [-0.25, -0.2) is 4.79 Å². The van der Waals surface area contributed by atoms with E-state index in [1.807, 2.05) is 24.4 Å². The fourth-order valence-electron chi connectivity index (χ4n) is 3.88. The zero-order valence-corrected chi connectivity index (χ0v) is 19.3. The molecule has 0 aliphatic carbocycles. The molecule has 1 aliphatic heterocycles. The molecule has 3 heterocycles. The van der Waals surface area contributed by atoms with E-state index in [4.69, 9.17) is 9.51 Å². The molecular formula is C24H28N4O2S. The number of allylic oxidation sites excluding steroid dienone is 1. The number of rotatable bonds is 7. The van der Waals surface area contributed by atoms with Gasteiger partial charge in [-0.2, -0.15) is 4.98 Å². The molecule has 6 nitrogen and oxygen atoms in total. The number of amides is 2. The number of carbonyl (C=O) groups is 1. The van der Waals surface area contributed by atoms with Gasteiger partial charge in [-0.15, -0.1) is 11.3 Å². The number of aromatic nitrogens is 2. The third kappa shape index (κ3) is 4.28. The molecule has 0 saturated heterocycles. The topological polar surface area (TPSA) is 71.3 Å². The first-order chi connectivity index (χ1) is 15.0. The molecule has 2 aromatic heterocycles. The van der Waals surface area contributed by atoms with Crippen molar-refractivity contribution in [2.24, 2.45) is 0 Å². The lowest BCUT2D eigenvalue weighted by Gasteiger charge is -2.35. The van der Waals surface area contributed by atoms with Crippen LogP contribution in [0.5, 0.6) is 0 Å². The summed E-state index contributed by atoms with van der Waals surface area (Å²) < 4.78 is 5.72. The molecule has 2 amide bonds. The summed E-state index contributed by atoms with van der Waals surface area (Å²) in [5, 5.41) is 9.38. The van der Waals surface area contributed by atoms with E-state index in [1.165, 1.54) is 11.1 Å². The number of aryl methyl sites for hydroxylation is 2. The van der Waals surface area contributed by atoms with E-state index in [0.29, 0.717) is 18.3 Å². The fraction of sp³-hybridized carbons (Fsp3) is 0.375. The first-order valence-electron chi connectivity index (χ1n) is 10.7. The Morgan fingerprint density at radius 3 is 2.71 bits per heavy atom. The quantitative estimate of drug-likeness (QED) is 0.454. The van der Waals surface area contributed by atoms with E-state index < -0.39 is 0 Å². The van der Waals surface area contributed by atoms with Crippen molar-refractivity contribution in [2.75, 3.05) is 6.54 Å². The van der Waals surface area contributed by atoms with Crippen LogP contribution >= 0.6 is 11.3 Å². The number of hydrogen-bond acceptors (Lipinski definition) is 5. The minimum Gasteiger partial charge on any atom is -0.334 e. The SMILES string of the molecule is CCCCCN1C(=O)NC(c2ccc(C)c(C)c2)C(c2nc(-c3cccs3)no2)=C1C. The van der Waals surface area contributed by atoms with Gasteiger partial charge in [-0.1, -0.05) is 49.2 Å². The molecule has 0 radical (unpaired) electrons. The number of thiophene rings is 1. The van der Waals surface area contributed by atoms with E-state index in [9.17, 15) is 4.79 Å². The lowest BCUT2D eigenvalue weighted by atomic mass is 9.92. The average Bonchev–Trinajstić information content (AvgIpc) is 3.44. The zero-order chi connectivity index (χ0) is 22.0. The second-order valence-corrected chi connectivity index (χ2v) is 8.93. The molecule has 1 aliphatic rings. The van der Waals surface area contributed by atoms with Crippen LogP contribution in [0.25, 0.3) is 16.3 Å². The molecule has 1 aromatic carbocycles. The van der Waals surface area contributed by atoms with E-state index in [1.54, 1.807) is 16.2 Å². The van der Waals surface area contributed by atoms with Crippen LogP contribution in [0.3, 0.4) is 0 Å². The molecule has 1 unspecified atom stereocenters. The molecule has 0 bridgehead atoms. The molecule has 7 heteroatoms. The molecule has 0 saturated carbocycles. The summed E-state index contributed by atoms with van der Waals surface area (Å²) in [5.74, 6) is 1.02. The third-order valence-electron chi connectivity index (χ3n) is 5.84. The third-order valence-corrected chi connectivity index (χ3v) is 6.71. The van der Waals surface area contributed by atoms with Crippen molar-refractivity contribution < 1.29 is 9.32 Å². The van der Waals surface area contributed by atoms with Crippen molar-refractivity contribution in [3.63, 3.8) is 0 Å². The highest BCUT2D eigenvalue weighted by atomic mass is 32.1. The Balaban J connectivity index is 1.78. The van der Waals surface area contributed by atoms with Crippen LogP contribution in [0.1, 0.15) is 61.7 Å². The van der Waals surface area contributed by atoms with Crippen molar-refractivity contribution >= 4 is 22.9 Å². The van der Waals surface area contributed by atoms with Gasteiger partial charge in [-0.05, 0) is 55.3 Å². The largest absolute Gasteiger partial charge is 0.334 e. The van der Waals surface area contributed by atoms with E-state index in [2.05, 4.69) is 49.4 Å². The van der Waals surface area contributed by atoms with E-state index in [-0.39, 0.29) is 12.1 Å². The molecule has 4 rings (SSSR count). The standard InChI is InChI=1S/C24H28N4O2S/c1-5-6-7-12-28-17(4)20(23-26-22(27-30-23)19-9-8-13-31-19)21(25-24(28)29)18-11-10-15(2)16(3)14-18/h8-11,13-14,21H,5-7,12H2,1-4H3,(H,25,29). The predicted molar refractivity (Wildman–Crippen MR) is 124 cm³/mol. The minimum atomic E-state index is -0.342. The lowest BCUT2D eigenvalue weighted by molar-refractivity contribution is 0.204. The Hall–Kier alpha value is -2.93. The van der Waals surface area contributed by atoms with Gasteiger partial charge >= 0.3 is 6.03 Å². The van der Waals surface area contributed by atoms with Crippen molar-refractivity contribution in [3.8, 4) is 10.7 Å². The highest BCUT2D eigenvalue weighted by Gasteiger charge is 2.35. The average molecular weight is 437 g/mol. The smallest absolute Gasteiger partial charge is 0.322 e. The summed E-state index contributed by atoms with van der Waals surface area (Å²) in [6.07, 6.45) is 3.13. The molecule has 1 N–H and O–H groups in total. The van der Waals surface area contributed by atoms with Gasteiger partial charge in [0.25, 0.3) is 5.89 Å². The first kappa shape index (κ1) is 21.3. The van der Waals surface area contributed by atoms with Gasteiger partial charge < -0.3 is 9.84 Å². The predicted octanol–water partition coefficient (Wildman–Crippen LogP) is 6.10. The summed E-state index contributed by atoms with van der Waals surface area (Å²) >= 11 is 1.57. The second kappa shape index (κ2) is 9.06. The van der Waals surface area contributed by atoms with Gasteiger partial charge in [0.15, 0.2) is 0 Å². The van der Waals surface area contributed by atoms with Crippen LogP contribution in [0, 0.1) is 13.8 Å². The number of benzene rings is 1. The number of nitrogens with one attached hydrogen (secondary N) is 1. The molecule has 0 fully saturated rings. The normalized spacial score (nSPS) is 16.7. The van der Waals surface area contributed by atoms with Crippen LogP contribution in [-0.2, 0) is 0 Å². The Bertz CT molecular complexity index is 1100. The monoisotopic (exact) mass is 436 g/mol. The molecule has 3 aromatic rings. The number of hydrogen-bond donors (Lipinski definition) is 1. The highest BCUT2D eigenvalue weighted by molar-refractivity contribution is 7.13. The number of nitrogens with zero attached hydrogens (tertiary/aromatic N) is 3. The Kier molecular flexibility index (Phi) is 6.23. The zero-order valence-electron chi connectivity index (χ0n) is 18.4. The number of urea groups is 1. The summed E-state index contributed by atoms with van der Waals surface area (Å²) in [4.78, 5) is 20.5. The van der Waals surface area contributed by atoms with Gasteiger partial charge in [0.05, 0.1) is 16.5 Å². The maximum Gasteiger partial charge on any atom is 0.322 e. The summed E-state index contributed by atoms with van der Waals surface area (Å²) in [5.41, 5.74) is 5.13. The Morgan fingerprint density at radius 1 is 1.16 bits per heavy atom.